The highest BCUT2D eigenvalue weighted by Crippen LogP contribution is 2.10. The molecule has 0 atom stereocenters. The molecule has 0 bridgehead atoms. The summed E-state index contributed by atoms with van der Waals surface area (Å²) in [6.45, 7) is 4.15. The van der Waals surface area contributed by atoms with Gasteiger partial charge in [-0.1, -0.05) is 6.08 Å². The molecule has 1 aliphatic rings. The third kappa shape index (κ3) is 1.53. The van der Waals surface area contributed by atoms with Gasteiger partial charge in [-0.25, -0.2) is 0 Å². The lowest BCUT2D eigenvalue weighted by Gasteiger charge is -1.94. The van der Waals surface area contributed by atoms with Crippen molar-refractivity contribution in [1.29, 1.82) is 0 Å². The lowest BCUT2D eigenvalue weighted by atomic mass is 10.2. The summed E-state index contributed by atoms with van der Waals surface area (Å²) in [4.78, 5) is 4.17. The second-order valence-corrected chi connectivity index (χ2v) is 2.28. The molecule has 0 unspecified atom stereocenters. The van der Waals surface area contributed by atoms with Crippen LogP contribution < -0.4 is 0 Å². The van der Waals surface area contributed by atoms with Crippen molar-refractivity contribution in [2.24, 2.45) is 4.99 Å². The Morgan fingerprint density at radius 2 is 2.22 bits per heavy atom. The van der Waals surface area contributed by atoms with E-state index in [2.05, 4.69) is 18.0 Å². The number of nitrogens with zero attached hydrogens (tertiary/aromatic N) is 1. The van der Waals surface area contributed by atoms with E-state index in [0.717, 1.165) is 12.1 Å². The summed E-state index contributed by atoms with van der Waals surface area (Å²) in [5.74, 6) is 0. The summed E-state index contributed by atoms with van der Waals surface area (Å²) in [7, 11) is 0. The number of rotatable bonds is 0. The van der Waals surface area contributed by atoms with Gasteiger partial charge in [-0.15, -0.1) is 0 Å². The van der Waals surface area contributed by atoms with Crippen molar-refractivity contribution in [3.05, 3.63) is 23.4 Å². The van der Waals surface area contributed by atoms with Crippen molar-refractivity contribution in [2.45, 2.75) is 20.3 Å². The Bertz CT molecular complexity index is 185. The first-order valence-corrected chi connectivity index (χ1v) is 3.16. The number of hydrogen-bond donors (Lipinski definition) is 0. The van der Waals surface area contributed by atoms with Crippen molar-refractivity contribution in [3.63, 3.8) is 0 Å². The van der Waals surface area contributed by atoms with Crippen molar-refractivity contribution in [2.75, 3.05) is 0 Å². The first-order chi connectivity index (χ1) is 4.30. The Morgan fingerprint density at radius 3 is 3.00 bits per heavy atom. The molecule has 0 radical (unpaired) electrons. The molecule has 0 aromatic rings. The fraction of sp³-hybridized carbons (Fsp3) is 0.375. The summed E-state index contributed by atoms with van der Waals surface area (Å²) >= 11 is 0. The standard InChI is InChI=1S/C8H11N/c1-7-5-3-4-6-9-8(7)2/h3-4,6H,5H2,1-2H3. The Kier molecular flexibility index (Phi) is 1.83. The third-order valence-corrected chi connectivity index (χ3v) is 1.53. The van der Waals surface area contributed by atoms with Crippen LogP contribution in [0.25, 0.3) is 0 Å². The second kappa shape index (κ2) is 2.62. The summed E-state index contributed by atoms with van der Waals surface area (Å²) < 4.78 is 0. The van der Waals surface area contributed by atoms with E-state index in [4.69, 9.17) is 0 Å². The maximum absolute atomic E-state index is 4.17. The molecule has 1 rings (SSSR count). The number of allylic oxidation sites excluding steroid dienone is 4. The summed E-state index contributed by atoms with van der Waals surface area (Å²) in [5, 5.41) is 0. The van der Waals surface area contributed by atoms with Gasteiger partial charge in [-0.2, -0.15) is 0 Å². The highest BCUT2D eigenvalue weighted by atomic mass is 14.7. The van der Waals surface area contributed by atoms with E-state index in [1.54, 1.807) is 0 Å². The SMILES string of the molecule is CC1=C(C)N=CC=CC1. The Hall–Kier alpha value is -0.850. The van der Waals surface area contributed by atoms with Gasteiger partial charge in [0.2, 0.25) is 0 Å². The monoisotopic (exact) mass is 121 g/mol. The zero-order valence-electron chi connectivity index (χ0n) is 5.89. The molecule has 1 heterocycles. The molecular formula is C8H11N. The van der Waals surface area contributed by atoms with Crippen LogP contribution in [0.1, 0.15) is 20.3 Å². The van der Waals surface area contributed by atoms with Gasteiger partial charge in [0.05, 0.1) is 0 Å². The topological polar surface area (TPSA) is 12.4 Å². The fourth-order valence-corrected chi connectivity index (χ4v) is 0.718. The van der Waals surface area contributed by atoms with E-state index in [9.17, 15) is 0 Å². The molecule has 0 fully saturated rings. The Labute approximate surface area is 55.8 Å². The molecule has 0 aromatic carbocycles. The van der Waals surface area contributed by atoms with Crippen LogP contribution in [-0.2, 0) is 0 Å². The first kappa shape index (κ1) is 6.27. The molecule has 1 nitrogen and oxygen atoms in total. The average molecular weight is 121 g/mol. The van der Waals surface area contributed by atoms with Crippen LogP contribution in [0, 0.1) is 0 Å². The van der Waals surface area contributed by atoms with Gasteiger partial charge < -0.3 is 0 Å². The van der Waals surface area contributed by atoms with E-state index >= 15 is 0 Å². The lowest BCUT2D eigenvalue weighted by Crippen LogP contribution is -1.75. The molecule has 1 heteroatoms. The lowest BCUT2D eigenvalue weighted by molar-refractivity contribution is 1.12. The van der Waals surface area contributed by atoms with Crippen molar-refractivity contribution >= 4 is 6.21 Å². The van der Waals surface area contributed by atoms with Gasteiger partial charge in [0.15, 0.2) is 0 Å². The maximum atomic E-state index is 4.17. The predicted molar refractivity (Wildman–Crippen MR) is 40.6 cm³/mol. The van der Waals surface area contributed by atoms with Crippen LogP contribution in [0.15, 0.2) is 28.4 Å². The molecule has 0 amide bonds. The molecule has 48 valence electrons. The van der Waals surface area contributed by atoms with Gasteiger partial charge in [-0.3, -0.25) is 4.99 Å². The van der Waals surface area contributed by atoms with Crippen LogP contribution in [-0.4, -0.2) is 6.21 Å². The molecule has 0 saturated heterocycles. The van der Waals surface area contributed by atoms with E-state index in [0.29, 0.717) is 0 Å². The van der Waals surface area contributed by atoms with Crippen LogP contribution in [0.2, 0.25) is 0 Å². The second-order valence-electron chi connectivity index (χ2n) is 2.28. The maximum Gasteiger partial charge on any atom is 0.0364 e. The Balaban J connectivity index is 2.85. The molecule has 0 aliphatic carbocycles. The van der Waals surface area contributed by atoms with Crippen LogP contribution in [0.5, 0.6) is 0 Å². The molecule has 0 saturated carbocycles. The van der Waals surface area contributed by atoms with Gasteiger partial charge in [-0.05, 0) is 31.9 Å². The minimum atomic E-state index is 1.05. The van der Waals surface area contributed by atoms with Crippen molar-refractivity contribution in [3.8, 4) is 0 Å². The molecule has 9 heavy (non-hydrogen) atoms. The zero-order chi connectivity index (χ0) is 6.69. The first-order valence-electron chi connectivity index (χ1n) is 3.16. The quantitative estimate of drug-likeness (QED) is 0.466. The van der Waals surface area contributed by atoms with Gasteiger partial charge in [0, 0.05) is 11.9 Å². The van der Waals surface area contributed by atoms with Crippen LogP contribution >= 0.6 is 0 Å². The summed E-state index contributed by atoms with van der Waals surface area (Å²) in [6, 6.07) is 0. The van der Waals surface area contributed by atoms with E-state index < -0.39 is 0 Å². The predicted octanol–water partition coefficient (Wildman–Crippen LogP) is 2.31. The molecule has 1 aliphatic heterocycles. The highest BCUT2D eigenvalue weighted by Gasteiger charge is 1.93. The normalized spacial score (nSPS) is 18.4. The van der Waals surface area contributed by atoms with Crippen LogP contribution in [0.3, 0.4) is 0 Å². The number of aliphatic imine (C=N–C) groups is 1. The summed E-state index contributed by atoms with van der Waals surface area (Å²) in [6.07, 6.45) is 6.99. The molecular weight excluding hydrogens is 110 g/mol. The fourth-order valence-electron chi connectivity index (χ4n) is 0.718. The number of hydrogen-bond acceptors (Lipinski definition) is 1. The van der Waals surface area contributed by atoms with Gasteiger partial charge in [0.25, 0.3) is 0 Å². The zero-order valence-corrected chi connectivity index (χ0v) is 5.89. The van der Waals surface area contributed by atoms with Crippen LogP contribution in [0.4, 0.5) is 0 Å². The van der Waals surface area contributed by atoms with Crippen molar-refractivity contribution in [1.82, 2.24) is 0 Å². The molecule has 0 aromatic heterocycles. The van der Waals surface area contributed by atoms with Crippen molar-refractivity contribution < 1.29 is 0 Å². The third-order valence-electron chi connectivity index (χ3n) is 1.53. The Morgan fingerprint density at radius 1 is 1.44 bits per heavy atom. The van der Waals surface area contributed by atoms with E-state index in [1.807, 2.05) is 19.2 Å². The van der Waals surface area contributed by atoms with E-state index in [-0.39, 0.29) is 0 Å². The van der Waals surface area contributed by atoms with Gasteiger partial charge in [0.1, 0.15) is 0 Å². The average Bonchev–Trinajstić information content (AvgIpc) is 1.99. The summed E-state index contributed by atoms with van der Waals surface area (Å²) in [5.41, 5.74) is 2.51. The molecule has 0 N–H and O–H groups in total. The smallest absolute Gasteiger partial charge is 0.0364 e. The largest absolute Gasteiger partial charge is 0.262 e. The van der Waals surface area contributed by atoms with Gasteiger partial charge >= 0.3 is 0 Å². The minimum Gasteiger partial charge on any atom is -0.262 e. The minimum absolute atomic E-state index is 1.05. The highest BCUT2D eigenvalue weighted by molar-refractivity contribution is 5.72. The van der Waals surface area contributed by atoms with E-state index in [1.165, 1.54) is 5.57 Å². The molecule has 0 spiro atoms.